The number of benzene rings is 2. The Morgan fingerprint density at radius 1 is 0.719 bits per heavy atom. The third-order valence-electron chi connectivity index (χ3n) is 11.3. The summed E-state index contributed by atoms with van der Waals surface area (Å²) in [7, 11) is 4.05. The Morgan fingerprint density at radius 3 is 1.62 bits per heavy atom. The van der Waals surface area contributed by atoms with E-state index >= 15 is 0 Å². The molecule has 4 N–H and O–H groups in total. The first-order chi connectivity index (χ1) is 30.7. The van der Waals surface area contributed by atoms with Gasteiger partial charge in [-0.05, 0) is 64.1 Å². The van der Waals surface area contributed by atoms with Gasteiger partial charge in [0, 0.05) is 154 Å². The van der Waals surface area contributed by atoms with Crippen LogP contribution in [0.5, 0.6) is 0 Å². The number of hydrogen-bond donors (Lipinski definition) is 2. The van der Waals surface area contributed by atoms with Gasteiger partial charge >= 0.3 is 11.9 Å². The molecular weight excluding hydrogens is 1150 g/mol. The number of nitrogens with two attached hydrogens (primary N) is 2. The van der Waals surface area contributed by atoms with Gasteiger partial charge in [0.2, 0.25) is 11.9 Å². The zero-order chi connectivity index (χ0) is 45.1. The lowest BCUT2D eigenvalue weighted by atomic mass is 9.97. The molecule has 2 aliphatic rings. The van der Waals surface area contributed by atoms with E-state index in [9.17, 15) is 14.4 Å². The molecule has 0 spiro atoms. The highest BCUT2D eigenvalue weighted by Crippen LogP contribution is 2.23. The Morgan fingerprint density at radius 2 is 1.16 bits per heavy atom. The Bertz CT molecular complexity index is 2340. The van der Waals surface area contributed by atoms with Gasteiger partial charge in [0.1, 0.15) is 6.54 Å². The normalized spacial score (nSPS) is 13.9. The summed E-state index contributed by atoms with van der Waals surface area (Å²) in [4.78, 5) is 55.4. The number of aromatic nitrogens is 6. The van der Waals surface area contributed by atoms with Crippen molar-refractivity contribution in [1.29, 1.82) is 0 Å². The maximum Gasteiger partial charge on any atom is 0.341 e. The Kier molecular flexibility index (Phi) is 22.6. The second-order valence-electron chi connectivity index (χ2n) is 15.4. The molecule has 0 aliphatic carbocycles. The fourth-order valence-corrected chi connectivity index (χ4v) is 7.88. The van der Waals surface area contributed by atoms with E-state index in [1.165, 1.54) is 28.9 Å². The second-order valence-corrected chi connectivity index (χ2v) is 15.4. The number of carbonyl (C=O) groups is 3. The Balaban J connectivity index is 0.000000225. The van der Waals surface area contributed by atoms with Gasteiger partial charge in [-0.1, -0.05) is 36.4 Å². The minimum absolute atomic E-state index is 0. The molecule has 0 bridgehead atoms. The number of nitrogens with zero attached hydrogens (tertiary/aromatic N) is 8. The predicted molar refractivity (Wildman–Crippen MR) is 280 cm³/mol. The molecule has 2 saturated heterocycles. The van der Waals surface area contributed by atoms with Crippen LogP contribution in [-0.2, 0) is 30.1 Å². The molecule has 6 aromatic rings. The predicted octanol–water partition coefficient (Wildman–Crippen LogP) is 7.33. The topological polar surface area (TPSA) is 180 Å². The number of hydrogen-bond acceptors (Lipinski definition) is 12. The molecule has 18 heteroatoms. The smallest absolute Gasteiger partial charge is 0.341 e. The molecule has 2 fully saturated rings. The summed E-state index contributed by atoms with van der Waals surface area (Å²) in [6, 6.07) is 16.5. The highest BCUT2D eigenvalue weighted by Gasteiger charge is 2.23. The molecule has 0 unspecified atom stereocenters. The fourth-order valence-electron chi connectivity index (χ4n) is 7.88. The molecular formula is C46H60I3N10O5+. The van der Waals surface area contributed by atoms with Gasteiger partial charge in [-0.25, -0.2) is 29.5 Å². The minimum atomic E-state index is -0.379. The lowest BCUT2D eigenvalue weighted by Crippen LogP contribution is -2.84. The van der Waals surface area contributed by atoms with E-state index in [1.54, 1.807) is 26.2 Å². The van der Waals surface area contributed by atoms with Gasteiger partial charge in [-0.2, -0.15) is 0 Å². The molecule has 0 saturated carbocycles. The summed E-state index contributed by atoms with van der Waals surface area (Å²) in [6.45, 7) is 10.9. The Hall–Kier alpha value is -4.00. The molecule has 2 aromatic carbocycles. The molecule has 0 radical (unpaired) electrons. The van der Waals surface area contributed by atoms with E-state index in [0.717, 1.165) is 94.2 Å². The van der Waals surface area contributed by atoms with Crippen molar-refractivity contribution in [3.8, 4) is 0 Å². The first-order valence-corrected chi connectivity index (χ1v) is 27.7. The van der Waals surface area contributed by atoms with Gasteiger partial charge < -0.3 is 39.5 Å². The van der Waals surface area contributed by atoms with Crippen molar-refractivity contribution in [1.82, 2.24) is 29.1 Å². The maximum atomic E-state index is 11.7. The first-order valence-electron chi connectivity index (χ1n) is 21.4. The third-order valence-corrected chi connectivity index (χ3v) is 11.3. The van der Waals surface area contributed by atoms with Crippen LogP contribution in [0, 0.1) is 11.8 Å². The van der Waals surface area contributed by atoms with E-state index < -0.39 is 0 Å². The molecule has 2 aliphatic heterocycles. The number of anilines is 2. The van der Waals surface area contributed by atoms with Crippen molar-refractivity contribution in [3.05, 3.63) is 108 Å². The summed E-state index contributed by atoms with van der Waals surface area (Å²) in [5.41, 5.74) is 11.0. The van der Waals surface area contributed by atoms with Crippen molar-refractivity contribution in [2.24, 2.45) is 31.7 Å². The average Bonchev–Trinajstić information content (AvgIpc) is 3.85. The largest absolute Gasteiger partial charge is 0.462 e. The summed E-state index contributed by atoms with van der Waals surface area (Å²) < 4.78 is 14.0. The summed E-state index contributed by atoms with van der Waals surface area (Å²) >= 11 is 4.24. The number of rotatable bonds is 12. The maximum absolute atomic E-state index is 11.7. The van der Waals surface area contributed by atoms with Crippen LogP contribution in [0.2, 0.25) is 0 Å². The first kappa shape index (κ1) is 52.6. The molecule has 6 heterocycles. The number of quaternary nitrogens is 1. The van der Waals surface area contributed by atoms with Crippen LogP contribution >= 0.6 is 61.2 Å². The molecule has 64 heavy (non-hydrogen) atoms. The van der Waals surface area contributed by atoms with Crippen LogP contribution in [0.25, 0.3) is 21.8 Å². The van der Waals surface area contributed by atoms with E-state index in [4.69, 9.17) is 15.2 Å². The van der Waals surface area contributed by atoms with E-state index in [1.807, 2.05) is 42.1 Å². The van der Waals surface area contributed by atoms with E-state index in [2.05, 4.69) is 114 Å². The van der Waals surface area contributed by atoms with Gasteiger partial charge in [0.25, 0.3) is 0 Å². The van der Waals surface area contributed by atoms with Crippen LogP contribution in [0.1, 0.15) is 76.2 Å². The van der Waals surface area contributed by atoms with Crippen molar-refractivity contribution in [2.45, 2.75) is 46.1 Å². The Labute approximate surface area is 416 Å². The number of fused-ring (bicyclic) bond motifs is 2. The van der Waals surface area contributed by atoms with Gasteiger partial charge in [-0.3, -0.25) is 4.79 Å². The number of carbonyl (C=O) groups excluding carboxylic acids is 3. The number of aldehydes is 1. The molecule has 0 amide bonds. The molecule has 0 atom stereocenters. The van der Waals surface area contributed by atoms with Crippen molar-refractivity contribution >= 4 is 113 Å². The number of halogens is 3. The van der Waals surface area contributed by atoms with Gasteiger partial charge in [0.15, 0.2) is 6.29 Å². The number of esters is 2. The average molecular weight is 1210 g/mol. The van der Waals surface area contributed by atoms with Crippen molar-refractivity contribution in [3.63, 3.8) is 0 Å². The second kappa shape index (κ2) is 27.5. The molecule has 15 nitrogen and oxygen atoms in total. The number of para-hydroxylation sites is 2. The standard InChI is InChI=1S/C23H29N5O2.C13H20N4O2.C10H9NO.I2.HI/c1-3-30-22(29)18-14-25-23(26-15-18)28-10-8-17(9-11-28)12-24-13-19-16-27(2)21-7-5-4-6-20(19)21;1-2-19-12(18)11-8-15-13(16-9-11)17-5-3-10(7-14)4-6-17;1-11-6-8(7-12)9-4-2-3-5-10(9)11;1-2;/h4-7,14-17,24H,3,8-13H2,1-2H3;8-10H,2-7,14H2,1H3;2-7H,1H3;;1H/p+1. The van der Waals surface area contributed by atoms with Crippen LogP contribution in [0.4, 0.5) is 11.9 Å². The molecule has 4 aromatic heterocycles. The highest BCUT2D eigenvalue weighted by atomic mass is 128. The van der Waals surface area contributed by atoms with Crippen molar-refractivity contribution < 1.29 is 29.2 Å². The SMILES string of the molecule is CCOC(=O)c1cnc(N2CCC(CN)CC2)nc1.CCOC(=O)c1cnc(N2CCC(C[NH2+]Cc3cn(C)c4ccccc34)CC2)nc1.Cn1cc(C=O)c2ccccc21.I.II. The summed E-state index contributed by atoms with van der Waals surface area (Å²) in [5.74, 6) is 1.93. The van der Waals surface area contributed by atoms with Crippen LogP contribution < -0.4 is 20.9 Å². The van der Waals surface area contributed by atoms with Gasteiger partial charge in [0.05, 0.1) is 30.9 Å². The van der Waals surface area contributed by atoms with Crippen LogP contribution in [-0.4, -0.2) is 99.8 Å². The quantitative estimate of drug-likeness (QED) is 0.0709. The van der Waals surface area contributed by atoms with Crippen LogP contribution in [0.15, 0.2) is 85.7 Å². The zero-order valence-corrected chi connectivity index (χ0v) is 43.6. The monoisotopic (exact) mass is 1210 g/mol. The number of aryl methyl sites for hydroxylation is 2. The summed E-state index contributed by atoms with van der Waals surface area (Å²) in [5, 5.41) is 4.82. The summed E-state index contributed by atoms with van der Waals surface area (Å²) in [6.07, 6.45) is 15.6. The number of piperidine rings is 2. The fraction of sp³-hybridized carbons (Fsp3) is 0.413. The number of ether oxygens (including phenoxy) is 2. The highest BCUT2D eigenvalue weighted by molar-refractivity contribution is 15.0. The van der Waals surface area contributed by atoms with E-state index in [-0.39, 0.29) is 35.9 Å². The third kappa shape index (κ3) is 14.5. The minimum Gasteiger partial charge on any atom is -0.462 e. The lowest BCUT2D eigenvalue weighted by molar-refractivity contribution is -0.676. The van der Waals surface area contributed by atoms with Gasteiger partial charge in [-0.15, -0.1) is 24.0 Å². The zero-order valence-electron chi connectivity index (χ0n) is 36.9. The van der Waals surface area contributed by atoms with Crippen LogP contribution in [0.3, 0.4) is 0 Å². The molecule has 344 valence electrons. The molecule has 8 rings (SSSR count). The van der Waals surface area contributed by atoms with E-state index in [0.29, 0.717) is 48.1 Å². The lowest BCUT2D eigenvalue weighted by Gasteiger charge is -2.31. The van der Waals surface area contributed by atoms with Crippen molar-refractivity contribution in [2.75, 3.05) is 62.3 Å².